The fourth-order valence-electron chi connectivity index (χ4n) is 1.14. The Kier molecular flexibility index (Phi) is 5.45. The van der Waals surface area contributed by atoms with Crippen LogP contribution in [0.1, 0.15) is 12.5 Å². The molecular weight excluding hydrogens is 304 g/mol. The average molecular weight is 318 g/mol. The first-order valence-electron chi connectivity index (χ1n) is 4.74. The van der Waals surface area contributed by atoms with Crippen molar-refractivity contribution >= 4 is 33.3 Å². The van der Waals surface area contributed by atoms with Gasteiger partial charge in [-0.25, -0.2) is 0 Å². The molecule has 0 aliphatic heterocycles. The predicted molar refractivity (Wildman–Crippen MR) is 63.3 cm³/mol. The fourth-order valence-corrected chi connectivity index (χ4v) is 2.91. The van der Waals surface area contributed by atoms with E-state index in [0.717, 1.165) is 25.7 Å². The number of hydrogen-bond acceptors (Lipinski definition) is 2. The van der Waals surface area contributed by atoms with Crippen molar-refractivity contribution in [1.29, 1.82) is 0 Å². The normalized spacial score (nSPS) is 11.2. The van der Waals surface area contributed by atoms with Crippen molar-refractivity contribution in [2.45, 2.75) is 11.4 Å². The fraction of sp³-hybridized carbons (Fsp3) is 0.250. The van der Waals surface area contributed by atoms with Crippen molar-refractivity contribution in [3.05, 3.63) is 33.4 Å². The summed E-state index contributed by atoms with van der Waals surface area (Å²) >= 11 is -0.285. The minimum absolute atomic E-state index is 0.285. The monoisotopic (exact) mass is 320 g/mol. The molecular formula is C12H14O2Te. The summed E-state index contributed by atoms with van der Waals surface area (Å²) in [5.41, 5.74) is 1.07. The van der Waals surface area contributed by atoms with Crippen molar-refractivity contribution in [3.63, 3.8) is 0 Å². The molecule has 0 aliphatic rings. The van der Waals surface area contributed by atoms with Crippen LogP contribution in [0.4, 0.5) is 0 Å². The minimum atomic E-state index is -0.285. The Bertz CT molecular complexity index is 341. The van der Waals surface area contributed by atoms with Crippen LogP contribution in [0.2, 0.25) is 4.47 Å². The van der Waals surface area contributed by atoms with Gasteiger partial charge in [-0.1, -0.05) is 0 Å². The van der Waals surface area contributed by atoms with Gasteiger partial charge < -0.3 is 0 Å². The van der Waals surface area contributed by atoms with Crippen molar-refractivity contribution in [2.24, 2.45) is 0 Å². The molecule has 1 rings (SSSR count). The van der Waals surface area contributed by atoms with Crippen LogP contribution in [0.25, 0.3) is 6.08 Å². The number of ether oxygens (including phenoxy) is 1. The third-order valence-electron chi connectivity index (χ3n) is 1.85. The van der Waals surface area contributed by atoms with Crippen LogP contribution in [0.15, 0.2) is 27.9 Å². The molecule has 0 spiro atoms. The second-order valence-corrected chi connectivity index (χ2v) is 6.69. The number of hydrogen-bond donors (Lipinski definition) is 0. The van der Waals surface area contributed by atoms with Crippen LogP contribution >= 0.6 is 0 Å². The van der Waals surface area contributed by atoms with E-state index in [9.17, 15) is 4.79 Å². The Hall–Kier alpha value is -0.780. The molecule has 0 aromatic heterocycles. The standard InChI is InChI=1S/C12H14O2Te/c1-3-15-12(9-13)8-10-4-6-11(14-2)7-5-10/h4-9H,3H2,1-2H3/b12-8+. The summed E-state index contributed by atoms with van der Waals surface area (Å²) in [4.78, 5) is 10.8. The Labute approximate surface area is 100 Å². The molecule has 1 aromatic carbocycles. The quantitative estimate of drug-likeness (QED) is 0.473. The van der Waals surface area contributed by atoms with Gasteiger partial charge in [0.25, 0.3) is 0 Å². The maximum atomic E-state index is 10.8. The van der Waals surface area contributed by atoms with E-state index in [1.807, 2.05) is 30.3 Å². The molecule has 0 saturated carbocycles. The number of aldehydes is 1. The summed E-state index contributed by atoms with van der Waals surface area (Å²) < 4.78 is 7.15. The maximum absolute atomic E-state index is 10.8. The molecule has 3 heteroatoms. The third-order valence-corrected chi connectivity index (χ3v) is 4.24. The van der Waals surface area contributed by atoms with Gasteiger partial charge >= 0.3 is 101 Å². The summed E-state index contributed by atoms with van der Waals surface area (Å²) in [5.74, 6) is 0.840. The van der Waals surface area contributed by atoms with Gasteiger partial charge in [0.05, 0.1) is 0 Å². The van der Waals surface area contributed by atoms with E-state index in [1.165, 1.54) is 0 Å². The first-order chi connectivity index (χ1) is 7.30. The molecule has 0 amide bonds. The van der Waals surface area contributed by atoms with Gasteiger partial charge in [0, 0.05) is 0 Å². The SMILES string of the molecule is CC[Te]/C(C=O)=C/c1ccc(OC)cc1. The van der Waals surface area contributed by atoms with Gasteiger partial charge in [0.1, 0.15) is 0 Å². The second-order valence-electron chi connectivity index (χ2n) is 2.87. The van der Waals surface area contributed by atoms with Crippen molar-refractivity contribution < 1.29 is 9.53 Å². The first kappa shape index (κ1) is 12.3. The zero-order valence-corrected chi connectivity index (χ0v) is 11.2. The molecule has 15 heavy (non-hydrogen) atoms. The van der Waals surface area contributed by atoms with Crippen molar-refractivity contribution in [2.75, 3.05) is 7.11 Å². The number of allylic oxidation sites excluding steroid dienone is 1. The summed E-state index contributed by atoms with van der Waals surface area (Å²) in [7, 11) is 1.64. The summed E-state index contributed by atoms with van der Waals surface area (Å²) in [6.45, 7) is 2.12. The van der Waals surface area contributed by atoms with Gasteiger partial charge in [0.15, 0.2) is 0 Å². The molecule has 0 N–H and O–H groups in total. The van der Waals surface area contributed by atoms with Crippen LogP contribution < -0.4 is 4.74 Å². The van der Waals surface area contributed by atoms with Gasteiger partial charge in [-0.15, -0.1) is 0 Å². The number of methoxy groups -OCH3 is 1. The number of carbonyl (C=O) groups is 1. The van der Waals surface area contributed by atoms with Crippen LogP contribution in [-0.4, -0.2) is 34.3 Å². The summed E-state index contributed by atoms with van der Waals surface area (Å²) in [6, 6.07) is 7.73. The average Bonchev–Trinajstić information content (AvgIpc) is 2.29. The zero-order chi connectivity index (χ0) is 11.1. The van der Waals surface area contributed by atoms with E-state index >= 15 is 0 Å². The van der Waals surface area contributed by atoms with E-state index in [-0.39, 0.29) is 20.9 Å². The molecule has 80 valence electrons. The molecule has 0 fully saturated rings. The molecule has 2 nitrogen and oxygen atoms in total. The van der Waals surface area contributed by atoms with Crippen molar-refractivity contribution in [1.82, 2.24) is 0 Å². The van der Waals surface area contributed by atoms with Gasteiger partial charge in [0.2, 0.25) is 0 Å². The summed E-state index contributed by atoms with van der Waals surface area (Å²) in [6.07, 6.45) is 2.95. The van der Waals surface area contributed by atoms with Crippen LogP contribution in [0.3, 0.4) is 0 Å². The molecule has 1 aromatic rings. The van der Waals surface area contributed by atoms with Crippen molar-refractivity contribution in [3.8, 4) is 5.75 Å². The third kappa shape index (κ3) is 4.07. The van der Waals surface area contributed by atoms with Crippen LogP contribution in [0.5, 0.6) is 5.75 Å². The number of carbonyl (C=O) groups excluding carboxylic acids is 1. The Morgan fingerprint density at radius 3 is 2.53 bits per heavy atom. The van der Waals surface area contributed by atoms with E-state index in [0.29, 0.717) is 0 Å². The van der Waals surface area contributed by atoms with E-state index < -0.39 is 0 Å². The van der Waals surface area contributed by atoms with E-state index in [2.05, 4.69) is 6.92 Å². The zero-order valence-electron chi connectivity index (χ0n) is 8.90. The Balaban J connectivity index is 2.81. The molecule has 0 radical (unpaired) electrons. The Morgan fingerprint density at radius 1 is 1.40 bits per heavy atom. The Morgan fingerprint density at radius 2 is 2.07 bits per heavy atom. The molecule has 0 atom stereocenters. The number of rotatable bonds is 5. The first-order valence-corrected chi connectivity index (χ1v) is 7.55. The van der Waals surface area contributed by atoms with E-state index in [1.54, 1.807) is 7.11 Å². The van der Waals surface area contributed by atoms with Crippen LogP contribution in [0, 0.1) is 0 Å². The molecule has 0 unspecified atom stereocenters. The number of benzene rings is 1. The van der Waals surface area contributed by atoms with Gasteiger partial charge in [-0.2, -0.15) is 0 Å². The predicted octanol–water partition coefficient (Wildman–Crippen LogP) is 2.38. The topological polar surface area (TPSA) is 26.3 Å². The molecule has 0 bridgehead atoms. The second kappa shape index (κ2) is 6.66. The molecule has 0 saturated heterocycles. The summed E-state index contributed by atoms with van der Waals surface area (Å²) in [5, 5.41) is 0. The molecule has 0 aliphatic carbocycles. The van der Waals surface area contributed by atoms with Crippen LogP contribution in [-0.2, 0) is 4.79 Å². The molecule has 0 heterocycles. The van der Waals surface area contributed by atoms with Gasteiger partial charge in [-0.3, -0.25) is 0 Å². The van der Waals surface area contributed by atoms with E-state index in [4.69, 9.17) is 4.74 Å². The van der Waals surface area contributed by atoms with Gasteiger partial charge in [-0.05, 0) is 0 Å².